The molecule has 0 aliphatic carbocycles. The molecular weight excluding hydrogens is 463 g/mol. The van der Waals surface area contributed by atoms with Crippen molar-refractivity contribution in [2.45, 2.75) is 13.1 Å². The molecule has 0 fully saturated rings. The van der Waals surface area contributed by atoms with Crippen LogP contribution in [0.1, 0.15) is 11.1 Å². The maximum absolute atomic E-state index is 14.5. The third kappa shape index (κ3) is 6.47. The summed E-state index contributed by atoms with van der Waals surface area (Å²) in [5, 5.41) is 3.49. The van der Waals surface area contributed by atoms with Crippen LogP contribution in [0.5, 0.6) is 11.5 Å². The first-order valence-electron chi connectivity index (χ1n) is 10.9. The van der Waals surface area contributed by atoms with Gasteiger partial charge in [0.15, 0.2) is 5.11 Å². The summed E-state index contributed by atoms with van der Waals surface area (Å²) in [5.74, 6) is 0.844. The van der Waals surface area contributed by atoms with Gasteiger partial charge in [-0.15, -0.1) is 0 Å². The molecule has 0 bridgehead atoms. The topological polar surface area (TPSA) is 50.8 Å². The Morgan fingerprint density at radius 2 is 1.09 bits per heavy atom. The van der Waals surface area contributed by atoms with Crippen molar-refractivity contribution in [3.8, 4) is 11.5 Å². The molecule has 4 rings (SSSR count). The average Bonchev–Trinajstić information content (AvgIpc) is 2.88. The second kappa shape index (κ2) is 11.5. The molecule has 0 amide bonds. The van der Waals surface area contributed by atoms with Crippen molar-refractivity contribution in [3.05, 3.63) is 132 Å². The van der Waals surface area contributed by atoms with Crippen LogP contribution in [-0.4, -0.2) is 9.78 Å². The molecule has 172 valence electrons. The molecule has 5 nitrogen and oxygen atoms in total. The van der Waals surface area contributed by atoms with Crippen molar-refractivity contribution in [1.82, 2.24) is 9.99 Å². The van der Waals surface area contributed by atoms with Crippen molar-refractivity contribution in [2.24, 2.45) is 0 Å². The minimum Gasteiger partial charge on any atom is -0.400 e. The first kappa shape index (κ1) is 23.6. The third-order valence-electron chi connectivity index (χ3n) is 4.92. The highest BCUT2D eigenvalue weighted by atomic mass is 32.1. The smallest absolute Gasteiger partial charge is 0.400 e. The predicted octanol–water partition coefficient (Wildman–Crippen LogP) is 6.83. The van der Waals surface area contributed by atoms with Gasteiger partial charge in [0, 0.05) is 6.54 Å². The van der Waals surface area contributed by atoms with Crippen molar-refractivity contribution in [2.75, 3.05) is 0 Å². The summed E-state index contributed by atoms with van der Waals surface area (Å²) in [5.41, 5.74) is 1.97. The van der Waals surface area contributed by atoms with Gasteiger partial charge in [0.1, 0.15) is 11.5 Å². The number of benzene rings is 4. The van der Waals surface area contributed by atoms with Gasteiger partial charge in [0.25, 0.3) is 0 Å². The fourth-order valence-electron chi connectivity index (χ4n) is 3.24. The van der Waals surface area contributed by atoms with E-state index in [0.717, 1.165) is 11.1 Å². The fourth-order valence-corrected chi connectivity index (χ4v) is 5.31. The van der Waals surface area contributed by atoms with E-state index in [1.165, 1.54) is 4.67 Å². The van der Waals surface area contributed by atoms with Crippen LogP contribution in [0.3, 0.4) is 0 Å². The Kier molecular flexibility index (Phi) is 7.97. The summed E-state index contributed by atoms with van der Waals surface area (Å²) in [4.78, 5) is 0. The monoisotopic (exact) mass is 488 g/mol. The molecule has 0 aliphatic heterocycles. The van der Waals surface area contributed by atoms with E-state index in [9.17, 15) is 4.57 Å². The molecular formula is C27H25N2O3PS. The Bertz CT molecular complexity index is 1180. The van der Waals surface area contributed by atoms with E-state index >= 15 is 0 Å². The highest BCUT2D eigenvalue weighted by Gasteiger charge is 2.39. The Hall–Kier alpha value is -3.60. The van der Waals surface area contributed by atoms with Crippen LogP contribution in [0.2, 0.25) is 0 Å². The normalized spacial score (nSPS) is 10.8. The van der Waals surface area contributed by atoms with Crippen molar-refractivity contribution >= 4 is 25.1 Å². The number of nitrogens with zero attached hydrogens (tertiary/aromatic N) is 1. The minimum atomic E-state index is -3.99. The Balaban J connectivity index is 1.68. The van der Waals surface area contributed by atoms with Gasteiger partial charge in [0.05, 0.1) is 6.54 Å². The second-order valence-electron chi connectivity index (χ2n) is 7.46. The van der Waals surface area contributed by atoms with Crippen LogP contribution in [0.25, 0.3) is 0 Å². The third-order valence-corrected chi connectivity index (χ3v) is 7.24. The van der Waals surface area contributed by atoms with E-state index in [4.69, 9.17) is 21.3 Å². The van der Waals surface area contributed by atoms with Crippen molar-refractivity contribution in [1.29, 1.82) is 0 Å². The Morgan fingerprint density at radius 1 is 0.676 bits per heavy atom. The fraction of sp³-hybridized carbons (Fsp3) is 0.0741. The van der Waals surface area contributed by atoms with Crippen molar-refractivity contribution in [3.63, 3.8) is 0 Å². The first-order chi connectivity index (χ1) is 16.6. The summed E-state index contributed by atoms with van der Waals surface area (Å²) in [6, 6.07) is 37.5. The maximum Gasteiger partial charge on any atom is 0.546 e. The van der Waals surface area contributed by atoms with Crippen LogP contribution in [0, 0.1) is 0 Å². The van der Waals surface area contributed by atoms with E-state index in [-0.39, 0.29) is 11.7 Å². The van der Waals surface area contributed by atoms with E-state index in [2.05, 4.69) is 5.32 Å². The zero-order valence-corrected chi connectivity index (χ0v) is 20.2. The molecule has 0 saturated heterocycles. The molecule has 0 spiro atoms. The Labute approximate surface area is 205 Å². The SMILES string of the molecule is O=P(Oc1ccccc1)(Oc1ccccc1)N(Cc1ccccc1)C(=S)NCc1ccccc1. The number of rotatable bonds is 9. The van der Waals surface area contributed by atoms with E-state index in [1.54, 1.807) is 24.3 Å². The molecule has 4 aromatic carbocycles. The summed E-state index contributed by atoms with van der Waals surface area (Å²) in [6.45, 7) is 0.708. The lowest BCUT2D eigenvalue weighted by Crippen LogP contribution is -2.39. The molecule has 0 heterocycles. The minimum absolute atomic E-state index is 0.235. The molecule has 0 radical (unpaired) electrons. The molecule has 0 aliphatic rings. The van der Waals surface area contributed by atoms with Gasteiger partial charge in [-0.25, -0.2) is 9.24 Å². The van der Waals surface area contributed by atoms with Crippen LogP contribution < -0.4 is 14.4 Å². The summed E-state index contributed by atoms with van der Waals surface area (Å²) < 4.78 is 28.1. The molecule has 7 heteroatoms. The zero-order valence-electron chi connectivity index (χ0n) is 18.5. The van der Waals surface area contributed by atoms with Gasteiger partial charge in [-0.2, -0.15) is 0 Å². The summed E-state index contributed by atoms with van der Waals surface area (Å²) in [6.07, 6.45) is 0. The average molecular weight is 489 g/mol. The number of hydrogen-bond acceptors (Lipinski definition) is 4. The van der Waals surface area contributed by atoms with Crippen LogP contribution in [-0.2, 0) is 17.7 Å². The van der Waals surface area contributed by atoms with Crippen LogP contribution in [0.15, 0.2) is 121 Å². The predicted molar refractivity (Wildman–Crippen MR) is 140 cm³/mol. The molecule has 0 saturated carbocycles. The van der Waals surface area contributed by atoms with Gasteiger partial charge < -0.3 is 14.4 Å². The van der Waals surface area contributed by atoms with Gasteiger partial charge in [0.2, 0.25) is 0 Å². The highest BCUT2D eigenvalue weighted by molar-refractivity contribution is 7.81. The standard InChI is InChI=1S/C27H25N2O3PS/c30-33(31-25-17-9-3-10-18-25,32-26-19-11-4-12-20-26)29(22-24-15-7-2-8-16-24)27(34)28-21-23-13-5-1-6-14-23/h1-20H,21-22H2,(H,28,34). The van der Waals surface area contributed by atoms with Crippen LogP contribution >= 0.6 is 20.0 Å². The first-order valence-corrected chi connectivity index (χ1v) is 12.8. The van der Waals surface area contributed by atoms with Crippen molar-refractivity contribution < 1.29 is 13.6 Å². The lowest BCUT2D eigenvalue weighted by Gasteiger charge is -2.32. The molecule has 4 aromatic rings. The van der Waals surface area contributed by atoms with E-state index < -0.39 is 7.75 Å². The molecule has 34 heavy (non-hydrogen) atoms. The number of nitrogens with one attached hydrogen (secondary N) is 1. The molecule has 1 N–H and O–H groups in total. The molecule has 0 aromatic heterocycles. The second-order valence-corrected chi connectivity index (χ2v) is 9.64. The lowest BCUT2D eigenvalue weighted by atomic mass is 10.2. The summed E-state index contributed by atoms with van der Waals surface area (Å²) >= 11 is 5.74. The Morgan fingerprint density at radius 3 is 1.56 bits per heavy atom. The summed E-state index contributed by atoms with van der Waals surface area (Å²) in [7, 11) is -3.99. The van der Waals surface area contributed by atoms with Crippen LogP contribution in [0.4, 0.5) is 0 Å². The number of para-hydroxylation sites is 2. The highest BCUT2D eigenvalue weighted by Crippen LogP contribution is 2.52. The zero-order chi connectivity index (χ0) is 23.6. The largest absolute Gasteiger partial charge is 0.546 e. The van der Waals surface area contributed by atoms with E-state index in [0.29, 0.717) is 18.0 Å². The van der Waals surface area contributed by atoms with Gasteiger partial charge in [-0.05, 0) is 47.6 Å². The van der Waals surface area contributed by atoms with E-state index in [1.807, 2.05) is 97.1 Å². The quantitative estimate of drug-likeness (QED) is 0.206. The maximum atomic E-state index is 14.5. The molecule has 0 atom stereocenters. The molecule has 0 unspecified atom stereocenters. The van der Waals surface area contributed by atoms with Gasteiger partial charge >= 0.3 is 7.75 Å². The van der Waals surface area contributed by atoms with Gasteiger partial charge in [-0.1, -0.05) is 97.1 Å². The number of thiocarbonyl (C=S) groups is 1. The number of hydrogen-bond donors (Lipinski definition) is 1. The lowest BCUT2D eigenvalue weighted by molar-refractivity contribution is 0.326. The van der Waals surface area contributed by atoms with Gasteiger partial charge in [-0.3, -0.25) is 0 Å².